The molecule has 0 aliphatic heterocycles. The van der Waals surface area contributed by atoms with E-state index in [1.54, 1.807) is 36.4 Å². The van der Waals surface area contributed by atoms with Gasteiger partial charge in [-0.3, -0.25) is 4.79 Å². The van der Waals surface area contributed by atoms with Gasteiger partial charge in [0, 0.05) is 4.88 Å². The van der Waals surface area contributed by atoms with E-state index < -0.39 is 0 Å². The molecule has 0 atom stereocenters. The van der Waals surface area contributed by atoms with Crippen LogP contribution in [0.25, 0.3) is 6.08 Å². The lowest BCUT2D eigenvalue weighted by Gasteiger charge is -2.07. The number of ether oxygens (including phenoxy) is 1. The van der Waals surface area contributed by atoms with Crippen molar-refractivity contribution in [1.82, 2.24) is 0 Å². The van der Waals surface area contributed by atoms with Gasteiger partial charge in [-0.2, -0.15) is 0 Å². The van der Waals surface area contributed by atoms with Crippen molar-refractivity contribution < 1.29 is 13.9 Å². The van der Waals surface area contributed by atoms with Crippen LogP contribution < -0.4 is 4.74 Å². The van der Waals surface area contributed by atoms with Gasteiger partial charge in [0.05, 0.1) is 14.9 Å². The molecule has 0 radical (unpaired) electrons. The first kappa shape index (κ1) is 19.7. The second kappa shape index (κ2) is 9.27. The molecular weight excluding hydrogens is 403 g/mol. The number of carbonyl (C=O) groups is 1. The average Bonchev–Trinajstić information content (AvgIpc) is 3.29. The zero-order valence-corrected chi connectivity index (χ0v) is 17.0. The van der Waals surface area contributed by atoms with Crippen LogP contribution in [0.5, 0.6) is 5.75 Å². The van der Waals surface area contributed by atoms with Crippen molar-refractivity contribution in [3.05, 3.63) is 79.9 Å². The summed E-state index contributed by atoms with van der Waals surface area (Å²) in [5.41, 5.74) is 0. The molecule has 140 valence electrons. The van der Waals surface area contributed by atoms with Gasteiger partial charge in [-0.1, -0.05) is 42.6 Å². The third-order valence-electron chi connectivity index (χ3n) is 3.76. The Morgan fingerprint density at radius 3 is 2.67 bits per heavy atom. The Morgan fingerprint density at radius 2 is 1.93 bits per heavy atom. The van der Waals surface area contributed by atoms with E-state index in [0.29, 0.717) is 27.3 Å². The van der Waals surface area contributed by atoms with E-state index in [4.69, 9.17) is 32.4 Å². The summed E-state index contributed by atoms with van der Waals surface area (Å²) in [4.78, 5) is 14.2. The minimum atomic E-state index is -0.0283. The van der Waals surface area contributed by atoms with Crippen LogP contribution in [0.15, 0.2) is 53.0 Å². The molecule has 0 aliphatic rings. The number of allylic oxidation sites excluding steroid dienone is 1. The highest BCUT2D eigenvalue weighted by Gasteiger charge is 2.09. The number of hydrogen-bond donors (Lipinski definition) is 0. The van der Waals surface area contributed by atoms with Crippen LogP contribution in [-0.2, 0) is 13.0 Å². The molecule has 0 N–H and O–H groups in total. The number of thiophene rings is 1. The van der Waals surface area contributed by atoms with Gasteiger partial charge in [-0.05, 0) is 55.0 Å². The third kappa shape index (κ3) is 5.25. The lowest BCUT2D eigenvalue weighted by Crippen LogP contribution is -1.95. The van der Waals surface area contributed by atoms with Crippen LogP contribution in [0.3, 0.4) is 0 Å². The number of para-hydroxylation sites is 1. The highest BCUT2D eigenvalue weighted by atomic mass is 35.5. The Balaban J connectivity index is 1.60. The van der Waals surface area contributed by atoms with E-state index in [-0.39, 0.29) is 12.4 Å². The molecule has 0 saturated heterocycles. The van der Waals surface area contributed by atoms with Gasteiger partial charge in [0.1, 0.15) is 18.1 Å². The molecular formula is C21H18Cl2O3S. The highest BCUT2D eigenvalue weighted by Crippen LogP contribution is 2.33. The molecule has 3 aromatic rings. The van der Waals surface area contributed by atoms with Crippen LogP contribution in [0.2, 0.25) is 10.0 Å². The lowest BCUT2D eigenvalue weighted by molar-refractivity contribution is 0.105. The average molecular weight is 421 g/mol. The standard InChI is InChI=1S/C21H18Cl2O3S/c1-2-4-16-10-12-20(27-16)19(24)11-9-14-7-8-15(26-14)13-25-21-17(22)5-3-6-18(21)23/h3,5-12H,2,4,13H2,1H3/b11-9+. The SMILES string of the molecule is CCCc1ccc(C(=O)/C=C/c2ccc(COc3c(Cl)cccc3Cl)o2)s1. The van der Waals surface area contributed by atoms with Crippen molar-refractivity contribution in [2.75, 3.05) is 0 Å². The number of benzene rings is 1. The zero-order chi connectivity index (χ0) is 19.2. The first-order valence-corrected chi connectivity index (χ1v) is 10.1. The van der Waals surface area contributed by atoms with Crippen LogP contribution in [0.1, 0.15) is 39.4 Å². The van der Waals surface area contributed by atoms with Gasteiger partial charge in [0.2, 0.25) is 0 Å². The minimum Gasteiger partial charge on any atom is -0.483 e. The van der Waals surface area contributed by atoms with Crippen LogP contribution in [0.4, 0.5) is 0 Å². The molecule has 27 heavy (non-hydrogen) atoms. The summed E-state index contributed by atoms with van der Waals surface area (Å²) in [5, 5.41) is 0.885. The molecule has 2 aromatic heterocycles. The maximum absolute atomic E-state index is 12.3. The Labute approximate surface area is 172 Å². The predicted molar refractivity (Wildman–Crippen MR) is 111 cm³/mol. The third-order valence-corrected chi connectivity index (χ3v) is 5.51. The van der Waals surface area contributed by atoms with E-state index >= 15 is 0 Å². The van der Waals surface area contributed by atoms with E-state index in [1.807, 2.05) is 12.1 Å². The Morgan fingerprint density at radius 1 is 1.15 bits per heavy atom. The second-order valence-electron chi connectivity index (χ2n) is 5.86. The fraction of sp³-hybridized carbons (Fsp3) is 0.190. The predicted octanol–water partition coefficient (Wildman–Crippen LogP) is 7.08. The van der Waals surface area contributed by atoms with Gasteiger partial charge in [0.25, 0.3) is 0 Å². The van der Waals surface area contributed by atoms with Gasteiger partial charge < -0.3 is 9.15 Å². The maximum atomic E-state index is 12.3. The van der Waals surface area contributed by atoms with Crippen molar-refractivity contribution in [2.24, 2.45) is 0 Å². The summed E-state index contributed by atoms with van der Waals surface area (Å²) >= 11 is 13.7. The summed E-state index contributed by atoms with van der Waals surface area (Å²) in [6.07, 6.45) is 5.25. The fourth-order valence-electron chi connectivity index (χ4n) is 2.46. The van der Waals surface area contributed by atoms with Crippen LogP contribution >= 0.6 is 34.5 Å². The van der Waals surface area contributed by atoms with E-state index in [9.17, 15) is 4.79 Å². The summed E-state index contributed by atoms with van der Waals surface area (Å²) in [5.74, 6) is 1.58. The number of halogens is 2. The van der Waals surface area contributed by atoms with Crippen molar-refractivity contribution in [1.29, 1.82) is 0 Å². The van der Waals surface area contributed by atoms with E-state index in [2.05, 4.69) is 6.92 Å². The minimum absolute atomic E-state index is 0.0283. The van der Waals surface area contributed by atoms with Crippen LogP contribution in [-0.4, -0.2) is 5.78 Å². The van der Waals surface area contributed by atoms with Gasteiger partial charge >= 0.3 is 0 Å². The molecule has 0 spiro atoms. The summed E-state index contributed by atoms with van der Waals surface area (Å²) in [7, 11) is 0. The van der Waals surface area contributed by atoms with E-state index in [0.717, 1.165) is 17.7 Å². The first-order valence-electron chi connectivity index (χ1n) is 8.53. The maximum Gasteiger partial charge on any atom is 0.195 e. The number of aryl methyl sites for hydroxylation is 1. The summed E-state index contributed by atoms with van der Waals surface area (Å²) in [6.45, 7) is 2.32. The van der Waals surface area contributed by atoms with Crippen molar-refractivity contribution in [3.8, 4) is 5.75 Å². The molecule has 0 amide bonds. The largest absolute Gasteiger partial charge is 0.483 e. The topological polar surface area (TPSA) is 39.4 Å². The molecule has 3 nitrogen and oxygen atoms in total. The summed E-state index contributed by atoms with van der Waals surface area (Å²) < 4.78 is 11.3. The van der Waals surface area contributed by atoms with Crippen molar-refractivity contribution in [3.63, 3.8) is 0 Å². The molecule has 0 bridgehead atoms. The monoisotopic (exact) mass is 420 g/mol. The highest BCUT2D eigenvalue weighted by molar-refractivity contribution is 7.14. The molecule has 6 heteroatoms. The Bertz CT molecular complexity index is 936. The first-order chi connectivity index (χ1) is 13.1. The molecule has 0 unspecified atom stereocenters. The molecule has 1 aromatic carbocycles. The number of hydrogen-bond acceptors (Lipinski definition) is 4. The van der Waals surface area contributed by atoms with Gasteiger partial charge in [0.15, 0.2) is 11.5 Å². The summed E-state index contributed by atoms with van der Waals surface area (Å²) in [6, 6.07) is 12.6. The Kier molecular flexibility index (Phi) is 6.78. The quantitative estimate of drug-likeness (QED) is 0.288. The normalized spacial score (nSPS) is 11.2. The molecule has 3 rings (SSSR count). The lowest BCUT2D eigenvalue weighted by atomic mass is 10.2. The number of ketones is 1. The van der Waals surface area contributed by atoms with Crippen molar-refractivity contribution in [2.45, 2.75) is 26.4 Å². The van der Waals surface area contributed by atoms with Gasteiger partial charge in [-0.15, -0.1) is 11.3 Å². The van der Waals surface area contributed by atoms with E-state index in [1.165, 1.54) is 22.3 Å². The molecule has 0 aliphatic carbocycles. The second-order valence-corrected chi connectivity index (χ2v) is 7.84. The Hall–Kier alpha value is -2.01. The number of furan rings is 1. The number of rotatable bonds is 8. The zero-order valence-electron chi connectivity index (χ0n) is 14.7. The molecule has 0 fully saturated rings. The fourth-order valence-corrected chi connectivity index (χ4v) is 3.99. The molecule has 2 heterocycles. The van der Waals surface area contributed by atoms with Crippen molar-refractivity contribution >= 4 is 46.4 Å². The van der Waals surface area contributed by atoms with Crippen LogP contribution in [0, 0.1) is 0 Å². The molecule has 0 saturated carbocycles. The van der Waals surface area contributed by atoms with Gasteiger partial charge in [-0.25, -0.2) is 0 Å². The number of carbonyl (C=O) groups excluding carboxylic acids is 1. The smallest absolute Gasteiger partial charge is 0.195 e.